The van der Waals surface area contributed by atoms with Crippen LogP contribution in [0.1, 0.15) is 33.1 Å². The average molecular weight is 484 g/mol. The third-order valence-electron chi connectivity index (χ3n) is 4.88. The highest BCUT2D eigenvalue weighted by atomic mass is 35.5. The van der Waals surface area contributed by atoms with Crippen molar-refractivity contribution in [1.82, 2.24) is 10.6 Å². The Labute approximate surface area is 188 Å². The van der Waals surface area contributed by atoms with Crippen molar-refractivity contribution in [3.05, 3.63) is 29.3 Å². The summed E-state index contributed by atoms with van der Waals surface area (Å²) in [5.41, 5.74) is 5.82. The molecule has 1 aromatic rings. The lowest BCUT2D eigenvalue weighted by Crippen LogP contribution is -2.50. The SMILES string of the molecule is CC(C)CC(N)C(=O)NC(CC1CCNC1=O)C(=O)COc1c(F)c(F)cc(F)c1F.Cl. The summed E-state index contributed by atoms with van der Waals surface area (Å²) < 4.78 is 58.9. The Morgan fingerprint density at radius 1 is 1.22 bits per heavy atom. The fraction of sp³-hybridized carbons (Fsp3) is 0.550. The van der Waals surface area contributed by atoms with Crippen molar-refractivity contribution in [2.24, 2.45) is 17.6 Å². The molecule has 12 heteroatoms. The highest BCUT2D eigenvalue weighted by molar-refractivity contribution is 5.92. The molecule has 32 heavy (non-hydrogen) atoms. The van der Waals surface area contributed by atoms with Crippen LogP contribution in [0.15, 0.2) is 6.07 Å². The summed E-state index contributed by atoms with van der Waals surface area (Å²) in [7, 11) is 0. The van der Waals surface area contributed by atoms with Crippen LogP contribution in [0.5, 0.6) is 5.75 Å². The largest absolute Gasteiger partial charge is 0.479 e. The van der Waals surface area contributed by atoms with Gasteiger partial charge in [0.1, 0.15) is 6.61 Å². The second-order valence-electron chi connectivity index (χ2n) is 7.86. The molecule has 1 saturated heterocycles. The zero-order valence-electron chi connectivity index (χ0n) is 17.6. The van der Waals surface area contributed by atoms with Gasteiger partial charge in [0.25, 0.3) is 0 Å². The Hall–Kier alpha value is -2.40. The topological polar surface area (TPSA) is 111 Å². The van der Waals surface area contributed by atoms with E-state index in [9.17, 15) is 31.9 Å². The molecule has 0 aromatic heterocycles. The number of nitrogens with one attached hydrogen (secondary N) is 2. The molecular formula is C20H26ClF4N3O4. The van der Waals surface area contributed by atoms with Gasteiger partial charge in [-0.3, -0.25) is 14.4 Å². The van der Waals surface area contributed by atoms with Gasteiger partial charge < -0.3 is 21.1 Å². The molecular weight excluding hydrogens is 458 g/mol. The standard InChI is InChI=1S/C20H25F4N3O4.ClH/c1-9(2)5-13(25)20(30)27-14(6-10-3-4-26-19(10)29)15(28)8-31-18-16(23)11(21)7-12(22)17(18)24;/h7,9-10,13-14H,3-6,8,25H2,1-2H3,(H,26,29)(H,27,30);1H. The van der Waals surface area contributed by atoms with E-state index in [1.165, 1.54) is 0 Å². The summed E-state index contributed by atoms with van der Waals surface area (Å²) in [6.45, 7) is 3.12. The summed E-state index contributed by atoms with van der Waals surface area (Å²) in [4.78, 5) is 36.9. The summed E-state index contributed by atoms with van der Waals surface area (Å²) in [6.07, 6.45) is 0.679. The second kappa shape index (κ2) is 12.0. The summed E-state index contributed by atoms with van der Waals surface area (Å²) in [5, 5.41) is 5.05. The van der Waals surface area contributed by atoms with Gasteiger partial charge in [0.15, 0.2) is 23.2 Å². The van der Waals surface area contributed by atoms with Crippen molar-refractivity contribution in [2.45, 2.75) is 45.2 Å². The Kier molecular flexibility index (Phi) is 10.4. The van der Waals surface area contributed by atoms with Crippen molar-refractivity contribution in [2.75, 3.05) is 13.2 Å². The van der Waals surface area contributed by atoms with Gasteiger partial charge in [0, 0.05) is 18.5 Å². The van der Waals surface area contributed by atoms with E-state index >= 15 is 0 Å². The number of Topliss-reactive ketones (excluding diaryl/α,β-unsaturated/α-hetero) is 1. The van der Waals surface area contributed by atoms with Gasteiger partial charge in [-0.05, 0) is 25.2 Å². The van der Waals surface area contributed by atoms with Gasteiger partial charge in [-0.2, -0.15) is 8.78 Å². The van der Waals surface area contributed by atoms with E-state index in [0.717, 1.165) is 0 Å². The molecule has 1 aromatic carbocycles. The minimum absolute atomic E-state index is 0. The number of hydrogen-bond donors (Lipinski definition) is 3. The molecule has 0 aliphatic carbocycles. The van der Waals surface area contributed by atoms with E-state index in [4.69, 9.17) is 10.5 Å². The molecule has 1 aliphatic rings. The summed E-state index contributed by atoms with van der Waals surface area (Å²) in [6, 6.07) is -2.15. The number of rotatable bonds is 10. The monoisotopic (exact) mass is 483 g/mol. The second-order valence-corrected chi connectivity index (χ2v) is 7.86. The van der Waals surface area contributed by atoms with E-state index in [1.54, 1.807) is 0 Å². The van der Waals surface area contributed by atoms with Crippen LogP contribution in [0.4, 0.5) is 17.6 Å². The third-order valence-corrected chi connectivity index (χ3v) is 4.88. The summed E-state index contributed by atoms with van der Waals surface area (Å²) in [5.74, 6) is -10.6. The molecule has 3 unspecified atom stereocenters. The van der Waals surface area contributed by atoms with Crippen LogP contribution in [-0.4, -0.2) is 42.8 Å². The van der Waals surface area contributed by atoms with Crippen LogP contribution < -0.4 is 21.1 Å². The Morgan fingerprint density at radius 3 is 2.31 bits per heavy atom. The lowest BCUT2D eigenvalue weighted by Gasteiger charge is -2.23. The zero-order valence-corrected chi connectivity index (χ0v) is 18.4. The molecule has 0 radical (unpaired) electrons. The molecule has 2 rings (SSSR count). The number of amides is 2. The van der Waals surface area contributed by atoms with Gasteiger partial charge in [0.05, 0.1) is 12.1 Å². The van der Waals surface area contributed by atoms with Gasteiger partial charge in [-0.1, -0.05) is 13.8 Å². The molecule has 7 nitrogen and oxygen atoms in total. The maximum atomic E-state index is 13.8. The average Bonchev–Trinajstić information content (AvgIpc) is 3.09. The number of ether oxygens (including phenoxy) is 1. The smallest absolute Gasteiger partial charge is 0.237 e. The van der Waals surface area contributed by atoms with Crippen LogP contribution in [0.25, 0.3) is 0 Å². The number of carbonyl (C=O) groups is 3. The quantitative estimate of drug-likeness (QED) is 0.348. The fourth-order valence-corrected chi connectivity index (χ4v) is 3.24. The number of halogens is 5. The number of benzene rings is 1. The first kappa shape index (κ1) is 27.6. The zero-order chi connectivity index (χ0) is 23.3. The lowest BCUT2D eigenvalue weighted by molar-refractivity contribution is -0.131. The molecule has 0 saturated carbocycles. The fourth-order valence-electron chi connectivity index (χ4n) is 3.24. The van der Waals surface area contributed by atoms with Crippen LogP contribution in [0.2, 0.25) is 0 Å². The van der Waals surface area contributed by atoms with E-state index in [-0.39, 0.29) is 36.7 Å². The molecule has 3 atom stereocenters. The molecule has 180 valence electrons. The van der Waals surface area contributed by atoms with Crippen molar-refractivity contribution in [1.29, 1.82) is 0 Å². The maximum absolute atomic E-state index is 13.8. The van der Waals surface area contributed by atoms with E-state index in [1.807, 2.05) is 13.8 Å². The van der Waals surface area contributed by atoms with Crippen molar-refractivity contribution in [3.8, 4) is 5.75 Å². The number of carbonyl (C=O) groups excluding carboxylic acids is 3. The van der Waals surface area contributed by atoms with Gasteiger partial charge in [-0.15, -0.1) is 12.4 Å². The first-order chi connectivity index (χ1) is 14.5. The van der Waals surface area contributed by atoms with Crippen LogP contribution in [0, 0.1) is 35.1 Å². The van der Waals surface area contributed by atoms with Crippen molar-refractivity contribution >= 4 is 30.0 Å². The summed E-state index contributed by atoms with van der Waals surface area (Å²) >= 11 is 0. The predicted octanol–water partition coefficient (Wildman–Crippen LogP) is 2.00. The van der Waals surface area contributed by atoms with Crippen molar-refractivity contribution < 1.29 is 36.7 Å². The van der Waals surface area contributed by atoms with Gasteiger partial charge >= 0.3 is 0 Å². The van der Waals surface area contributed by atoms with Crippen LogP contribution >= 0.6 is 12.4 Å². The molecule has 1 fully saturated rings. The maximum Gasteiger partial charge on any atom is 0.237 e. The third kappa shape index (κ3) is 7.06. The highest BCUT2D eigenvalue weighted by Crippen LogP contribution is 2.26. The van der Waals surface area contributed by atoms with E-state index in [0.29, 0.717) is 19.4 Å². The molecule has 1 aliphatic heterocycles. The predicted molar refractivity (Wildman–Crippen MR) is 109 cm³/mol. The van der Waals surface area contributed by atoms with E-state index in [2.05, 4.69) is 10.6 Å². The van der Waals surface area contributed by atoms with E-state index < -0.39 is 65.3 Å². The first-order valence-corrected chi connectivity index (χ1v) is 9.83. The molecule has 2 amide bonds. The number of ketones is 1. The Bertz CT molecular complexity index is 830. The Morgan fingerprint density at radius 2 is 1.81 bits per heavy atom. The lowest BCUT2D eigenvalue weighted by atomic mass is 9.95. The van der Waals surface area contributed by atoms with Gasteiger partial charge in [0.2, 0.25) is 23.4 Å². The molecule has 1 heterocycles. The van der Waals surface area contributed by atoms with Crippen LogP contribution in [0.3, 0.4) is 0 Å². The van der Waals surface area contributed by atoms with Crippen LogP contribution in [-0.2, 0) is 14.4 Å². The van der Waals surface area contributed by atoms with Crippen molar-refractivity contribution in [3.63, 3.8) is 0 Å². The number of nitrogens with two attached hydrogens (primary N) is 1. The highest BCUT2D eigenvalue weighted by Gasteiger charge is 2.33. The normalized spacial score (nSPS) is 17.4. The molecule has 0 spiro atoms. The first-order valence-electron chi connectivity index (χ1n) is 9.83. The van der Waals surface area contributed by atoms with Gasteiger partial charge in [-0.25, -0.2) is 8.78 Å². The minimum atomic E-state index is -1.79. The Balaban J connectivity index is 0.00000512. The minimum Gasteiger partial charge on any atom is -0.479 e. The number of hydrogen-bond acceptors (Lipinski definition) is 5. The molecule has 0 bridgehead atoms. The molecule has 4 N–H and O–H groups in total.